The van der Waals surface area contributed by atoms with Gasteiger partial charge in [-0.1, -0.05) is 11.6 Å². The zero-order valence-corrected chi connectivity index (χ0v) is 9.48. The highest BCUT2D eigenvalue weighted by molar-refractivity contribution is 6.31. The van der Waals surface area contributed by atoms with Gasteiger partial charge in [-0.25, -0.2) is 4.98 Å². The van der Waals surface area contributed by atoms with Crippen LogP contribution in [-0.4, -0.2) is 15.9 Å². The third kappa shape index (κ3) is 2.70. The average Bonchev–Trinajstić information content (AvgIpc) is 2.35. The summed E-state index contributed by atoms with van der Waals surface area (Å²) in [5.74, 6) is -0.382. The van der Waals surface area contributed by atoms with Gasteiger partial charge in [-0.2, -0.15) is 0 Å². The molecular formula is C11H9ClN4O. The molecule has 1 amide bonds. The van der Waals surface area contributed by atoms with E-state index in [1.807, 2.05) is 0 Å². The Hall–Kier alpha value is -2.14. The lowest BCUT2D eigenvalue weighted by atomic mass is 10.2. The van der Waals surface area contributed by atoms with Crippen LogP contribution in [0.1, 0.15) is 10.5 Å². The number of halogens is 1. The normalized spacial score (nSPS) is 9.94. The van der Waals surface area contributed by atoms with Crippen LogP contribution >= 0.6 is 11.6 Å². The summed E-state index contributed by atoms with van der Waals surface area (Å²) in [6, 6.07) is 4.84. The lowest BCUT2D eigenvalue weighted by molar-refractivity contribution is 0.102. The van der Waals surface area contributed by atoms with Gasteiger partial charge in [0.15, 0.2) is 0 Å². The van der Waals surface area contributed by atoms with Gasteiger partial charge in [0.05, 0.1) is 17.6 Å². The molecule has 6 heteroatoms. The number of carbonyl (C=O) groups is 1. The lowest BCUT2D eigenvalue weighted by Crippen LogP contribution is -2.14. The van der Waals surface area contributed by atoms with Gasteiger partial charge in [0, 0.05) is 17.4 Å². The van der Waals surface area contributed by atoms with Crippen LogP contribution in [-0.2, 0) is 0 Å². The number of amides is 1. The third-order valence-corrected chi connectivity index (χ3v) is 2.29. The van der Waals surface area contributed by atoms with E-state index in [1.54, 1.807) is 18.2 Å². The molecule has 5 nitrogen and oxygen atoms in total. The number of benzene rings is 1. The van der Waals surface area contributed by atoms with Crippen molar-refractivity contribution < 1.29 is 4.79 Å². The van der Waals surface area contributed by atoms with Crippen LogP contribution < -0.4 is 11.1 Å². The molecule has 0 unspecified atom stereocenters. The molecule has 1 heterocycles. The zero-order valence-electron chi connectivity index (χ0n) is 8.72. The van der Waals surface area contributed by atoms with Gasteiger partial charge in [-0.05, 0) is 18.2 Å². The molecule has 0 fully saturated rings. The SMILES string of the molecule is Nc1ccc(Cl)cc1NC(=O)c1cnccn1. The van der Waals surface area contributed by atoms with Crippen molar-refractivity contribution in [2.45, 2.75) is 0 Å². The molecule has 0 aliphatic rings. The molecule has 17 heavy (non-hydrogen) atoms. The Balaban J connectivity index is 2.22. The number of nitrogens with zero attached hydrogens (tertiary/aromatic N) is 2. The van der Waals surface area contributed by atoms with E-state index in [2.05, 4.69) is 15.3 Å². The molecule has 0 aliphatic carbocycles. The van der Waals surface area contributed by atoms with Crippen molar-refractivity contribution in [2.75, 3.05) is 11.1 Å². The van der Waals surface area contributed by atoms with Gasteiger partial charge < -0.3 is 11.1 Å². The first-order valence-electron chi connectivity index (χ1n) is 4.79. The second-order valence-corrected chi connectivity index (χ2v) is 3.71. The number of nitrogen functional groups attached to an aromatic ring is 1. The largest absolute Gasteiger partial charge is 0.397 e. The molecule has 86 valence electrons. The van der Waals surface area contributed by atoms with Crippen molar-refractivity contribution in [3.8, 4) is 0 Å². The number of anilines is 2. The van der Waals surface area contributed by atoms with E-state index in [-0.39, 0.29) is 11.6 Å². The smallest absolute Gasteiger partial charge is 0.275 e. The Morgan fingerprint density at radius 2 is 2.18 bits per heavy atom. The minimum atomic E-state index is -0.382. The van der Waals surface area contributed by atoms with Gasteiger partial charge in [0.1, 0.15) is 5.69 Å². The molecule has 0 bridgehead atoms. The Bertz CT molecular complexity index is 544. The molecule has 0 saturated heterocycles. The molecule has 2 rings (SSSR count). The van der Waals surface area contributed by atoms with E-state index in [4.69, 9.17) is 17.3 Å². The number of nitrogens with one attached hydrogen (secondary N) is 1. The van der Waals surface area contributed by atoms with E-state index in [1.165, 1.54) is 18.6 Å². The highest BCUT2D eigenvalue weighted by Crippen LogP contribution is 2.23. The molecule has 0 radical (unpaired) electrons. The molecule has 0 spiro atoms. The number of carbonyl (C=O) groups excluding carboxylic acids is 1. The fraction of sp³-hybridized carbons (Fsp3) is 0. The van der Waals surface area contributed by atoms with Gasteiger partial charge in [-0.3, -0.25) is 9.78 Å². The van der Waals surface area contributed by atoms with Crippen molar-refractivity contribution in [2.24, 2.45) is 0 Å². The van der Waals surface area contributed by atoms with E-state index >= 15 is 0 Å². The molecular weight excluding hydrogens is 240 g/mol. The summed E-state index contributed by atoms with van der Waals surface area (Å²) in [5.41, 5.74) is 6.81. The molecule has 0 atom stereocenters. The Labute approximate surface area is 103 Å². The summed E-state index contributed by atoms with van der Waals surface area (Å²) >= 11 is 5.81. The second-order valence-electron chi connectivity index (χ2n) is 3.28. The van der Waals surface area contributed by atoms with E-state index < -0.39 is 0 Å². The van der Waals surface area contributed by atoms with Crippen molar-refractivity contribution in [3.63, 3.8) is 0 Å². The van der Waals surface area contributed by atoms with Gasteiger partial charge in [0.25, 0.3) is 5.91 Å². The van der Waals surface area contributed by atoms with E-state index in [0.717, 1.165) is 0 Å². The Morgan fingerprint density at radius 1 is 1.35 bits per heavy atom. The predicted octanol–water partition coefficient (Wildman–Crippen LogP) is 1.96. The first kappa shape index (κ1) is 11.3. The fourth-order valence-corrected chi connectivity index (χ4v) is 1.41. The van der Waals surface area contributed by atoms with Crippen LogP contribution in [0.15, 0.2) is 36.8 Å². The molecule has 1 aromatic carbocycles. The molecule has 2 aromatic rings. The first-order valence-corrected chi connectivity index (χ1v) is 5.17. The average molecular weight is 249 g/mol. The molecule has 0 saturated carbocycles. The Morgan fingerprint density at radius 3 is 2.88 bits per heavy atom. The summed E-state index contributed by atoms with van der Waals surface area (Å²) < 4.78 is 0. The topological polar surface area (TPSA) is 80.9 Å². The monoisotopic (exact) mass is 248 g/mol. The van der Waals surface area contributed by atoms with Gasteiger partial charge in [-0.15, -0.1) is 0 Å². The van der Waals surface area contributed by atoms with Crippen LogP contribution in [0.4, 0.5) is 11.4 Å². The van der Waals surface area contributed by atoms with Crippen molar-refractivity contribution in [3.05, 3.63) is 47.5 Å². The zero-order chi connectivity index (χ0) is 12.3. The number of rotatable bonds is 2. The van der Waals surface area contributed by atoms with Crippen LogP contribution in [0.25, 0.3) is 0 Å². The number of hydrogen-bond donors (Lipinski definition) is 2. The van der Waals surface area contributed by atoms with Crippen LogP contribution in [0.3, 0.4) is 0 Å². The first-order chi connectivity index (χ1) is 8.16. The van der Waals surface area contributed by atoms with Crippen molar-refractivity contribution in [1.82, 2.24) is 9.97 Å². The maximum Gasteiger partial charge on any atom is 0.275 e. The van der Waals surface area contributed by atoms with Gasteiger partial charge >= 0.3 is 0 Å². The molecule has 0 aliphatic heterocycles. The Kier molecular flexibility index (Phi) is 3.20. The summed E-state index contributed by atoms with van der Waals surface area (Å²) in [6.07, 6.45) is 4.30. The van der Waals surface area contributed by atoms with Crippen molar-refractivity contribution >= 4 is 28.9 Å². The minimum absolute atomic E-state index is 0.215. The summed E-state index contributed by atoms with van der Waals surface area (Å²) in [6.45, 7) is 0. The number of nitrogens with two attached hydrogens (primary N) is 1. The highest BCUT2D eigenvalue weighted by atomic mass is 35.5. The fourth-order valence-electron chi connectivity index (χ4n) is 1.24. The van der Waals surface area contributed by atoms with E-state index in [0.29, 0.717) is 16.4 Å². The molecule has 3 N–H and O–H groups in total. The standard InChI is InChI=1S/C11H9ClN4O/c12-7-1-2-8(13)9(5-7)16-11(17)10-6-14-3-4-15-10/h1-6H,13H2,(H,16,17). The quantitative estimate of drug-likeness (QED) is 0.796. The highest BCUT2D eigenvalue weighted by Gasteiger charge is 2.09. The molecule has 1 aromatic heterocycles. The number of hydrogen-bond acceptors (Lipinski definition) is 4. The van der Waals surface area contributed by atoms with Crippen LogP contribution in [0.5, 0.6) is 0 Å². The van der Waals surface area contributed by atoms with Crippen molar-refractivity contribution in [1.29, 1.82) is 0 Å². The van der Waals surface area contributed by atoms with Crippen LogP contribution in [0.2, 0.25) is 5.02 Å². The van der Waals surface area contributed by atoms with Gasteiger partial charge in [0.2, 0.25) is 0 Å². The summed E-state index contributed by atoms with van der Waals surface area (Å²) in [5, 5.41) is 3.11. The predicted molar refractivity (Wildman–Crippen MR) is 65.8 cm³/mol. The maximum absolute atomic E-state index is 11.8. The minimum Gasteiger partial charge on any atom is -0.397 e. The summed E-state index contributed by atoms with van der Waals surface area (Å²) in [4.78, 5) is 19.5. The van der Waals surface area contributed by atoms with Crippen LogP contribution in [0, 0.1) is 0 Å². The lowest BCUT2D eigenvalue weighted by Gasteiger charge is -2.07. The maximum atomic E-state index is 11.8. The number of aromatic nitrogens is 2. The van der Waals surface area contributed by atoms with E-state index in [9.17, 15) is 4.79 Å². The summed E-state index contributed by atoms with van der Waals surface area (Å²) in [7, 11) is 0. The second kappa shape index (κ2) is 4.80. The third-order valence-electron chi connectivity index (χ3n) is 2.06.